The molecule has 0 bridgehead atoms. The second-order valence-electron chi connectivity index (χ2n) is 3.68. The zero-order valence-electron chi connectivity index (χ0n) is 9.26. The molecule has 2 atom stereocenters. The van der Waals surface area contributed by atoms with Gasteiger partial charge >= 0.3 is 0 Å². The summed E-state index contributed by atoms with van der Waals surface area (Å²) in [6.45, 7) is 6.99. The largest absolute Gasteiger partial charge is 0.394 e. The molecule has 13 heavy (non-hydrogen) atoms. The predicted molar refractivity (Wildman–Crippen MR) is 54.9 cm³/mol. The second kappa shape index (κ2) is 6.35. The highest BCUT2D eigenvalue weighted by Gasteiger charge is 2.28. The number of rotatable bonds is 7. The molecule has 0 aromatic carbocycles. The van der Waals surface area contributed by atoms with Gasteiger partial charge in [0.1, 0.15) is 0 Å². The standard InChI is InChI=1S/C10H23NO2/c1-5-9(3)11-10(6-2,7-12)8-13-4/h9,11-12H,5-8H2,1-4H3. The quantitative estimate of drug-likeness (QED) is 0.631. The maximum Gasteiger partial charge on any atom is 0.0667 e. The molecule has 0 saturated carbocycles. The average Bonchev–Trinajstić information content (AvgIpc) is 2.17. The van der Waals surface area contributed by atoms with Crippen molar-refractivity contribution in [3.63, 3.8) is 0 Å². The molecule has 3 nitrogen and oxygen atoms in total. The maximum atomic E-state index is 9.31. The molecule has 2 unspecified atom stereocenters. The van der Waals surface area contributed by atoms with Crippen molar-refractivity contribution in [3.05, 3.63) is 0 Å². The zero-order chi connectivity index (χ0) is 10.3. The van der Waals surface area contributed by atoms with Gasteiger partial charge in [0.05, 0.1) is 18.8 Å². The van der Waals surface area contributed by atoms with Crippen LogP contribution in [0.1, 0.15) is 33.6 Å². The van der Waals surface area contributed by atoms with Gasteiger partial charge in [-0.25, -0.2) is 0 Å². The Morgan fingerprint density at radius 2 is 2.08 bits per heavy atom. The van der Waals surface area contributed by atoms with Gasteiger partial charge in [-0.3, -0.25) is 0 Å². The lowest BCUT2D eigenvalue weighted by Gasteiger charge is -2.34. The lowest BCUT2D eigenvalue weighted by molar-refractivity contribution is 0.0526. The van der Waals surface area contributed by atoms with Gasteiger partial charge in [-0.2, -0.15) is 0 Å². The van der Waals surface area contributed by atoms with E-state index in [1.54, 1.807) is 7.11 Å². The molecule has 0 heterocycles. The Morgan fingerprint density at radius 1 is 1.46 bits per heavy atom. The molecule has 2 N–H and O–H groups in total. The second-order valence-corrected chi connectivity index (χ2v) is 3.68. The molecule has 0 radical (unpaired) electrons. The topological polar surface area (TPSA) is 41.5 Å². The Bertz CT molecular complexity index is 124. The van der Waals surface area contributed by atoms with Crippen LogP contribution in [-0.4, -0.2) is 37.0 Å². The predicted octanol–water partition coefficient (Wildman–Crippen LogP) is 1.16. The van der Waals surface area contributed by atoms with Crippen molar-refractivity contribution in [1.29, 1.82) is 0 Å². The fourth-order valence-electron chi connectivity index (χ4n) is 1.35. The molecule has 0 spiro atoms. The molecule has 0 aromatic rings. The first-order chi connectivity index (χ1) is 6.14. The van der Waals surface area contributed by atoms with E-state index in [9.17, 15) is 5.11 Å². The summed E-state index contributed by atoms with van der Waals surface area (Å²) in [6, 6.07) is 0.419. The van der Waals surface area contributed by atoms with E-state index in [1.165, 1.54) is 0 Å². The maximum absolute atomic E-state index is 9.31. The molecule has 0 aliphatic carbocycles. The summed E-state index contributed by atoms with van der Waals surface area (Å²) in [5.74, 6) is 0. The molecular weight excluding hydrogens is 166 g/mol. The minimum absolute atomic E-state index is 0.127. The van der Waals surface area contributed by atoms with Crippen LogP contribution in [0.15, 0.2) is 0 Å². The Morgan fingerprint density at radius 3 is 2.38 bits per heavy atom. The SMILES string of the molecule is CCC(C)NC(CC)(CO)COC. The van der Waals surface area contributed by atoms with Crippen molar-refractivity contribution in [1.82, 2.24) is 5.32 Å². The molecule has 0 amide bonds. The molecule has 0 aliphatic heterocycles. The lowest BCUT2D eigenvalue weighted by atomic mass is 9.97. The van der Waals surface area contributed by atoms with Crippen LogP contribution < -0.4 is 5.32 Å². The van der Waals surface area contributed by atoms with Gasteiger partial charge in [0.25, 0.3) is 0 Å². The Balaban J connectivity index is 4.19. The average molecular weight is 189 g/mol. The minimum Gasteiger partial charge on any atom is -0.394 e. The van der Waals surface area contributed by atoms with E-state index in [0.29, 0.717) is 12.6 Å². The van der Waals surface area contributed by atoms with Gasteiger partial charge in [0, 0.05) is 13.2 Å². The molecule has 80 valence electrons. The molecule has 0 rings (SSSR count). The van der Waals surface area contributed by atoms with Crippen molar-refractivity contribution >= 4 is 0 Å². The number of hydrogen-bond donors (Lipinski definition) is 2. The van der Waals surface area contributed by atoms with E-state index in [1.807, 2.05) is 0 Å². The van der Waals surface area contributed by atoms with Crippen LogP contribution in [0.25, 0.3) is 0 Å². The highest BCUT2D eigenvalue weighted by molar-refractivity contribution is 4.87. The Hall–Kier alpha value is -0.120. The molecule has 0 saturated heterocycles. The number of methoxy groups -OCH3 is 1. The van der Waals surface area contributed by atoms with Gasteiger partial charge in [0.15, 0.2) is 0 Å². The number of aliphatic hydroxyl groups is 1. The Labute approximate surface area is 81.5 Å². The number of ether oxygens (including phenoxy) is 1. The van der Waals surface area contributed by atoms with Crippen LogP contribution in [0.2, 0.25) is 0 Å². The van der Waals surface area contributed by atoms with Crippen LogP contribution >= 0.6 is 0 Å². The van der Waals surface area contributed by atoms with Gasteiger partial charge < -0.3 is 15.2 Å². The third-order valence-corrected chi connectivity index (χ3v) is 2.57. The summed E-state index contributed by atoms with van der Waals surface area (Å²) in [6.07, 6.45) is 1.94. The lowest BCUT2D eigenvalue weighted by Crippen LogP contribution is -2.54. The summed E-state index contributed by atoms with van der Waals surface area (Å²) in [5.41, 5.74) is -0.260. The van der Waals surface area contributed by atoms with Crippen molar-refractivity contribution in [2.45, 2.75) is 45.2 Å². The highest BCUT2D eigenvalue weighted by Crippen LogP contribution is 2.11. The molecule has 0 fully saturated rings. The van der Waals surface area contributed by atoms with Crippen molar-refractivity contribution < 1.29 is 9.84 Å². The van der Waals surface area contributed by atoms with E-state index in [-0.39, 0.29) is 12.1 Å². The van der Waals surface area contributed by atoms with Crippen LogP contribution in [0.4, 0.5) is 0 Å². The van der Waals surface area contributed by atoms with Crippen molar-refractivity contribution in [2.75, 3.05) is 20.3 Å². The fraction of sp³-hybridized carbons (Fsp3) is 1.00. The fourth-order valence-corrected chi connectivity index (χ4v) is 1.35. The zero-order valence-corrected chi connectivity index (χ0v) is 9.26. The number of hydrogen-bond acceptors (Lipinski definition) is 3. The number of nitrogens with one attached hydrogen (secondary N) is 1. The van der Waals surface area contributed by atoms with E-state index in [0.717, 1.165) is 12.8 Å². The molecule has 0 aromatic heterocycles. The summed E-state index contributed by atoms with van der Waals surface area (Å²) in [5, 5.41) is 12.7. The van der Waals surface area contributed by atoms with Crippen LogP contribution in [0.5, 0.6) is 0 Å². The van der Waals surface area contributed by atoms with Gasteiger partial charge in [-0.05, 0) is 19.8 Å². The smallest absolute Gasteiger partial charge is 0.0667 e. The first-order valence-corrected chi connectivity index (χ1v) is 5.01. The van der Waals surface area contributed by atoms with E-state index < -0.39 is 0 Å². The first kappa shape index (κ1) is 12.9. The van der Waals surface area contributed by atoms with Crippen LogP contribution in [0, 0.1) is 0 Å². The first-order valence-electron chi connectivity index (χ1n) is 5.01. The van der Waals surface area contributed by atoms with Crippen LogP contribution in [-0.2, 0) is 4.74 Å². The molecule has 3 heteroatoms. The van der Waals surface area contributed by atoms with Crippen LogP contribution in [0.3, 0.4) is 0 Å². The minimum atomic E-state index is -0.260. The third kappa shape index (κ3) is 4.07. The van der Waals surface area contributed by atoms with E-state index in [4.69, 9.17) is 4.74 Å². The normalized spacial score (nSPS) is 18.2. The van der Waals surface area contributed by atoms with Gasteiger partial charge in [-0.1, -0.05) is 13.8 Å². The molecular formula is C10H23NO2. The number of aliphatic hydroxyl groups excluding tert-OH is 1. The highest BCUT2D eigenvalue weighted by atomic mass is 16.5. The summed E-state index contributed by atoms with van der Waals surface area (Å²) in [4.78, 5) is 0. The molecule has 0 aliphatic rings. The summed E-state index contributed by atoms with van der Waals surface area (Å²) >= 11 is 0. The summed E-state index contributed by atoms with van der Waals surface area (Å²) < 4.78 is 5.11. The van der Waals surface area contributed by atoms with Gasteiger partial charge in [-0.15, -0.1) is 0 Å². The van der Waals surface area contributed by atoms with Crippen molar-refractivity contribution in [2.24, 2.45) is 0 Å². The summed E-state index contributed by atoms with van der Waals surface area (Å²) in [7, 11) is 1.67. The monoisotopic (exact) mass is 189 g/mol. The van der Waals surface area contributed by atoms with Gasteiger partial charge in [0.2, 0.25) is 0 Å². The Kier molecular flexibility index (Phi) is 6.29. The van der Waals surface area contributed by atoms with E-state index >= 15 is 0 Å². The third-order valence-electron chi connectivity index (χ3n) is 2.57. The van der Waals surface area contributed by atoms with E-state index in [2.05, 4.69) is 26.1 Å². The van der Waals surface area contributed by atoms with Crippen molar-refractivity contribution in [3.8, 4) is 0 Å².